The number of rotatable bonds is 9. The SMILES string of the molecule is CCOC(=O)NC(=O)/C(C#N)=N\Nc1cc(Cl)c(Oc2ncnc3c2ccn3C(CC)CC)c(Cl)c1. The fourth-order valence-electron chi connectivity index (χ4n) is 3.39. The lowest BCUT2D eigenvalue weighted by Gasteiger charge is -2.16. The molecule has 0 aliphatic carbocycles. The van der Waals surface area contributed by atoms with Gasteiger partial charge in [-0.15, -0.1) is 0 Å². The highest BCUT2D eigenvalue weighted by Crippen LogP contribution is 2.40. The summed E-state index contributed by atoms with van der Waals surface area (Å²) in [5, 5.41) is 15.7. The third-order valence-electron chi connectivity index (χ3n) is 5.11. The van der Waals surface area contributed by atoms with Gasteiger partial charge in [-0.05, 0) is 38.0 Å². The molecule has 2 heterocycles. The number of hydrogen-bond acceptors (Lipinski definition) is 9. The molecule has 188 valence electrons. The van der Waals surface area contributed by atoms with Gasteiger partial charge in [0, 0.05) is 12.2 Å². The lowest BCUT2D eigenvalue weighted by molar-refractivity contribution is -0.114. The molecule has 2 N–H and O–H groups in total. The zero-order chi connectivity index (χ0) is 26.2. The van der Waals surface area contributed by atoms with Crippen LogP contribution in [0.15, 0.2) is 35.8 Å². The van der Waals surface area contributed by atoms with Gasteiger partial charge in [-0.1, -0.05) is 37.0 Å². The first-order valence-electron chi connectivity index (χ1n) is 11.0. The minimum atomic E-state index is -1.03. The molecule has 0 bridgehead atoms. The summed E-state index contributed by atoms with van der Waals surface area (Å²) in [4.78, 5) is 32.0. The number of nitrogens with one attached hydrogen (secondary N) is 2. The number of fused-ring (bicyclic) bond motifs is 1. The molecule has 0 atom stereocenters. The normalized spacial score (nSPS) is 11.3. The van der Waals surface area contributed by atoms with E-state index in [0.29, 0.717) is 11.4 Å². The molecule has 0 aliphatic heterocycles. The first-order chi connectivity index (χ1) is 17.3. The Labute approximate surface area is 217 Å². The van der Waals surface area contributed by atoms with E-state index in [4.69, 9.17) is 33.2 Å². The van der Waals surface area contributed by atoms with E-state index in [9.17, 15) is 9.59 Å². The molecule has 3 aromatic rings. The van der Waals surface area contributed by atoms with Gasteiger partial charge in [-0.2, -0.15) is 10.4 Å². The van der Waals surface area contributed by atoms with Crippen LogP contribution < -0.4 is 15.5 Å². The van der Waals surface area contributed by atoms with Crippen LogP contribution in [0.2, 0.25) is 10.0 Å². The average Bonchev–Trinajstić information content (AvgIpc) is 3.27. The third-order valence-corrected chi connectivity index (χ3v) is 5.68. The maximum Gasteiger partial charge on any atom is 0.414 e. The van der Waals surface area contributed by atoms with Crippen molar-refractivity contribution < 1.29 is 19.1 Å². The number of nitrogens with zero attached hydrogens (tertiary/aromatic N) is 5. The van der Waals surface area contributed by atoms with Gasteiger partial charge in [-0.3, -0.25) is 15.5 Å². The van der Waals surface area contributed by atoms with E-state index in [1.807, 2.05) is 17.6 Å². The minimum Gasteiger partial charge on any atom is -0.450 e. The molecule has 3 rings (SSSR count). The molecule has 2 amide bonds. The smallest absolute Gasteiger partial charge is 0.414 e. The lowest BCUT2D eigenvalue weighted by Crippen LogP contribution is -2.36. The third kappa shape index (κ3) is 6.02. The van der Waals surface area contributed by atoms with E-state index in [1.54, 1.807) is 13.0 Å². The van der Waals surface area contributed by atoms with E-state index in [1.165, 1.54) is 18.5 Å². The van der Waals surface area contributed by atoms with Crippen LogP contribution in [0.4, 0.5) is 10.5 Å². The second-order valence-corrected chi connectivity index (χ2v) is 8.15. The van der Waals surface area contributed by atoms with Crippen LogP contribution in [0, 0.1) is 11.3 Å². The molecule has 0 fully saturated rings. The molecule has 36 heavy (non-hydrogen) atoms. The Kier molecular flexibility index (Phi) is 9.05. The van der Waals surface area contributed by atoms with E-state index >= 15 is 0 Å². The predicted molar refractivity (Wildman–Crippen MR) is 136 cm³/mol. The van der Waals surface area contributed by atoms with Crippen molar-refractivity contribution in [1.29, 1.82) is 5.26 Å². The number of nitriles is 1. The van der Waals surface area contributed by atoms with Gasteiger partial charge in [-0.25, -0.2) is 14.8 Å². The Morgan fingerprint density at radius 1 is 1.19 bits per heavy atom. The van der Waals surface area contributed by atoms with Crippen molar-refractivity contribution in [2.24, 2.45) is 5.10 Å². The predicted octanol–water partition coefficient (Wildman–Crippen LogP) is 5.46. The van der Waals surface area contributed by atoms with Crippen LogP contribution >= 0.6 is 23.2 Å². The molecular weight excluding hydrogens is 509 g/mol. The Morgan fingerprint density at radius 2 is 1.89 bits per heavy atom. The minimum absolute atomic E-state index is 0.0617. The van der Waals surface area contributed by atoms with Crippen molar-refractivity contribution in [3.05, 3.63) is 40.8 Å². The summed E-state index contributed by atoms with van der Waals surface area (Å²) in [7, 11) is 0. The van der Waals surface area contributed by atoms with Gasteiger partial charge in [0.25, 0.3) is 5.91 Å². The monoisotopic (exact) mass is 531 g/mol. The fraction of sp³-hybridized carbons (Fsp3) is 0.304. The number of carbonyl (C=O) groups is 2. The maximum absolute atomic E-state index is 12.0. The number of benzene rings is 1. The molecule has 0 radical (unpaired) electrons. The Morgan fingerprint density at radius 3 is 2.50 bits per heavy atom. The van der Waals surface area contributed by atoms with Crippen molar-refractivity contribution in [3.63, 3.8) is 0 Å². The van der Waals surface area contributed by atoms with Gasteiger partial charge in [0.05, 0.1) is 27.7 Å². The van der Waals surface area contributed by atoms with Crippen molar-refractivity contribution in [2.75, 3.05) is 12.0 Å². The lowest BCUT2D eigenvalue weighted by atomic mass is 10.2. The van der Waals surface area contributed by atoms with Crippen molar-refractivity contribution >= 4 is 57.6 Å². The summed E-state index contributed by atoms with van der Waals surface area (Å²) in [6.07, 6.45) is 4.27. The van der Waals surface area contributed by atoms with E-state index in [2.05, 4.69) is 43.6 Å². The van der Waals surface area contributed by atoms with Crippen molar-refractivity contribution in [1.82, 2.24) is 19.9 Å². The summed E-state index contributed by atoms with van der Waals surface area (Å²) in [6.45, 7) is 5.86. The van der Waals surface area contributed by atoms with Crippen molar-refractivity contribution in [3.8, 4) is 17.7 Å². The van der Waals surface area contributed by atoms with Crippen LogP contribution in [-0.2, 0) is 9.53 Å². The van der Waals surface area contributed by atoms with Crippen LogP contribution in [0.25, 0.3) is 11.0 Å². The Hall–Kier alpha value is -3.88. The summed E-state index contributed by atoms with van der Waals surface area (Å²) in [5.74, 6) is -0.591. The molecule has 0 aliphatic rings. The van der Waals surface area contributed by atoms with Gasteiger partial charge in [0.1, 0.15) is 18.0 Å². The standard InChI is InChI=1S/C23H23Cl2N7O4/c1-4-14(5-2)32-8-7-15-20(32)27-12-28-22(15)36-19-16(24)9-13(10-17(19)25)30-31-18(11-26)21(33)29-23(34)35-6-3/h7-10,12,14,30H,4-6H2,1-3H3,(H,29,33,34)/b31-18-. The molecule has 11 nitrogen and oxygen atoms in total. The van der Waals surface area contributed by atoms with E-state index in [0.717, 1.165) is 18.5 Å². The molecule has 2 aromatic heterocycles. The molecule has 0 saturated carbocycles. The zero-order valence-corrected chi connectivity index (χ0v) is 21.2. The number of ether oxygens (including phenoxy) is 2. The molecular formula is C23H23Cl2N7O4. The maximum atomic E-state index is 12.0. The zero-order valence-electron chi connectivity index (χ0n) is 19.7. The highest BCUT2D eigenvalue weighted by Gasteiger charge is 2.19. The fourth-order valence-corrected chi connectivity index (χ4v) is 3.95. The number of aromatic nitrogens is 3. The molecule has 13 heteroatoms. The number of amides is 2. The highest BCUT2D eigenvalue weighted by atomic mass is 35.5. The van der Waals surface area contributed by atoms with Gasteiger partial charge < -0.3 is 14.0 Å². The van der Waals surface area contributed by atoms with E-state index in [-0.39, 0.29) is 34.0 Å². The number of anilines is 1. The number of carbonyl (C=O) groups excluding carboxylic acids is 2. The number of hydrazone groups is 1. The largest absolute Gasteiger partial charge is 0.450 e. The molecule has 0 unspecified atom stereocenters. The molecule has 0 saturated heterocycles. The topological polar surface area (TPSA) is 144 Å². The van der Waals surface area contributed by atoms with Crippen LogP contribution in [0.1, 0.15) is 39.7 Å². The summed E-state index contributed by atoms with van der Waals surface area (Å²) in [5.41, 5.74) is 2.90. The second-order valence-electron chi connectivity index (χ2n) is 7.34. The Bertz CT molecular complexity index is 1320. The highest BCUT2D eigenvalue weighted by molar-refractivity contribution is 6.47. The van der Waals surface area contributed by atoms with Gasteiger partial charge >= 0.3 is 6.09 Å². The second kappa shape index (κ2) is 12.2. The van der Waals surface area contributed by atoms with E-state index < -0.39 is 17.7 Å². The van der Waals surface area contributed by atoms with Crippen LogP contribution in [0.5, 0.6) is 11.6 Å². The number of hydrogen-bond donors (Lipinski definition) is 2. The Balaban J connectivity index is 1.82. The van der Waals surface area contributed by atoms with Crippen molar-refractivity contribution in [2.45, 2.75) is 39.7 Å². The van der Waals surface area contributed by atoms with Gasteiger partial charge in [0.2, 0.25) is 11.6 Å². The number of halogens is 2. The summed E-state index contributed by atoms with van der Waals surface area (Å²) in [6, 6.07) is 6.64. The first kappa shape index (κ1) is 26.7. The first-order valence-corrected chi connectivity index (χ1v) is 11.8. The number of alkyl carbamates (subject to hydrolysis) is 1. The van der Waals surface area contributed by atoms with Gasteiger partial charge in [0.15, 0.2) is 5.75 Å². The quantitative estimate of drug-likeness (QED) is 0.273. The summed E-state index contributed by atoms with van der Waals surface area (Å²) < 4.78 is 12.6. The molecule has 0 spiro atoms. The number of imide groups is 1. The average molecular weight is 532 g/mol. The summed E-state index contributed by atoms with van der Waals surface area (Å²) >= 11 is 12.8. The van der Waals surface area contributed by atoms with Crippen LogP contribution in [-0.4, -0.2) is 38.9 Å². The van der Waals surface area contributed by atoms with Crippen LogP contribution in [0.3, 0.4) is 0 Å². The molecule has 1 aromatic carbocycles.